The van der Waals surface area contributed by atoms with Crippen LogP contribution in [0.4, 0.5) is 4.39 Å². The van der Waals surface area contributed by atoms with Crippen LogP contribution < -0.4 is 0 Å². The lowest BCUT2D eigenvalue weighted by molar-refractivity contribution is 0.259. The van der Waals surface area contributed by atoms with Gasteiger partial charge in [-0.15, -0.1) is 0 Å². The molecule has 0 saturated carbocycles. The number of rotatable bonds is 2. The summed E-state index contributed by atoms with van der Waals surface area (Å²) in [4.78, 5) is 0. The first-order chi connectivity index (χ1) is 3.18. The van der Waals surface area contributed by atoms with Gasteiger partial charge in [0, 0.05) is 0 Å². The molecule has 44 valence electrons. The molecule has 0 unspecified atom stereocenters. The summed E-state index contributed by atoms with van der Waals surface area (Å²) in [6.45, 7) is 5.53. The van der Waals surface area contributed by atoms with Gasteiger partial charge in [0.1, 0.15) is 0 Å². The summed E-state index contributed by atoms with van der Waals surface area (Å²) in [6, 6.07) is 0. The molecule has 0 aromatic carbocycles. The maximum atomic E-state index is 12.1. The van der Waals surface area contributed by atoms with Gasteiger partial charge in [0.25, 0.3) is 0 Å². The van der Waals surface area contributed by atoms with E-state index in [2.05, 4.69) is 0 Å². The maximum absolute atomic E-state index is 12.1. The van der Waals surface area contributed by atoms with E-state index in [0.717, 1.165) is 6.42 Å². The topological polar surface area (TPSA) is 0 Å². The first-order valence-electron chi connectivity index (χ1n) is 2.82. The average Bonchev–Trinajstić information content (AvgIpc) is 1.65. The van der Waals surface area contributed by atoms with Crippen molar-refractivity contribution in [3.05, 3.63) is 0 Å². The molecule has 7 heavy (non-hydrogen) atoms. The normalized spacial score (nSPS) is 18.9. The quantitative estimate of drug-likeness (QED) is 0.504. The zero-order valence-electron chi connectivity index (χ0n) is 5.24. The van der Waals surface area contributed by atoms with Crippen molar-refractivity contribution in [2.24, 2.45) is 5.92 Å². The van der Waals surface area contributed by atoms with E-state index in [4.69, 9.17) is 0 Å². The van der Waals surface area contributed by atoms with Crippen molar-refractivity contribution in [1.29, 1.82) is 0 Å². The molecule has 0 aliphatic carbocycles. The van der Waals surface area contributed by atoms with E-state index in [-0.39, 0.29) is 5.92 Å². The second-order valence-corrected chi connectivity index (χ2v) is 2.06. The highest BCUT2D eigenvalue weighted by Crippen LogP contribution is 2.08. The maximum Gasteiger partial charge on any atom is 0.0998 e. The lowest BCUT2D eigenvalue weighted by atomic mass is 10.1. The van der Waals surface area contributed by atoms with Crippen LogP contribution in [0.5, 0.6) is 0 Å². The summed E-state index contributed by atoms with van der Waals surface area (Å²) in [5, 5.41) is 0. The highest BCUT2D eigenvalue weighted by atomic mass is 19.1. The van der Waals surface area contributed by atoms with Crippen LogP contribution in [0, 0.1) is 5.92 Å². The van der Waals surface area contributed by atoms with E-state index in [9.17, 15) is 4.39 Å². The molecule has 0 aromatic heterocycles. The Balaban J connectivity index is 3.14. The lowest BCUT2D eigenvalue weighted by Gasteiger charge is -2.06. The molecule has 0 radical (unpaired) electrons. The molecule has 0 N–H and O–H groups in total. The van der Waals surface area contributed by atoms with Gasteiger partial charge in [0.05, 0.1) is 6.17 Å². The summed E-state index contributed by atoms with van der Waals surface area (Å²) in [6.07, 6.45) is 0.308. The van der Waals surface area contributed by atoms with Crippen molar-refractivity contribution >= 4 is 0 Å². The third-order valence-corrected chi connectivity index (χ3v) is 1.43. The summed E-state index contributed by atoms with van der Waals surface area (Å²) in [5.74, 6) is 0.236. The lowest BCUT2D eigenvalue weighted by Crippen LogP contribution is -2.05. The molecule has 0 nitrogen and oxygen atoms in total. The van der Waals surface area contributed by atoms with Gasteiger partial charge in [0.15, 0.2) is 0 Å². The van der Waals surface area contributed by atoms with Gasteiger partial charge in [-0.1, -0.05) is 20.3 Å². The van der Waals surface area contributed by atoms with Crippen molar-refractivity contribution in [2.45, 2.75) is 33.4 Å². The summed E-state index contributed by atoms with van der Waals surface area (Å²) >= 11 is 0. The van der Waals surface area contributed by atoms with Crippen LogP contribution in [0.15, 0.2) is 0 Å². The Morgan fingerprint density at radius 2 is 1.86 bits per heavy atom. The molecule has 0 amide bonds. The van der Waals surface area contributed by atoms with Gasteiger partial charge in [0.2, 0.25) is 0 Å². The zero-order valence-corrected chi connectivity index (χ0v) is 5.24. The van der Waals surface area contributed by atoms with Crippen molar-refractivity contribution in [3.63, 3.8) is 0 Å². The highest BCUT2D eigenvalue weighted by molar-refractivity contribution is 4.54. The van der Waals surface area contributed by atoms with Crippen LogP contribution in [0.3, 0.4) is 0 Å². The van der Waals surface area contributed by atoms with Crippen molar-refractivity contribution in [2.75, 3.05) is 0 Å². The van der Waals surface area contributed by atoms with E-state index in [0.29, 0.717) is 0 Å². The third kappa shape index (κ3) is 2.60. The Hall–Kier alpha value is -0.0700. The molecule has 1 heteroatoms. The number of alkyl halides is 1. The van der Waals surface area contributed by atoms with Crippen LogP contribution in [0.2, 0.25) is 0 Å². The van der Waals surface area contributed by atoms with Crippen LogP contribution >= 0.6 is 0 Å². The zero-order chi connectivity index (χ0) is 5.86. The molecule has 0 aliphatic heterocycles. The summed E-state index contributed by atoms with van der Waals surface area (Å²) in [5.41, 5.74) is 0. The molecule has 0 fully saturated rings. The van der Waals surface area contributed by atoms with Gasteiger partial charge in [-0.3, -0.25) is 0 Å². The molecule has 0 aromatic rings. The predicted octanol–water partition coefficient (Wildman–Crippen LogP) is 2.39. The first-order valence-corrected chi connectivity index (χ1v) is 2.82. The molecular weight excluding hydrogens is 91.1 g/mol. The van der Waals surface area contributed by atoms with Gasteiger partial charge in [-0.25, -0.2) is 4.39 Å². The highest BCUT2D eigenvalue weighted by Gasteiger charge is 2.05. The Morgan fingerprint density at radius 3 is 1.86 bits per heavy atom. The fourth-order valence-corrected chi connectivity index (χ4v) is 0.325. The second-order valence-electron chi connectivity index (χ2n) is 2.06. The van der Waals surface area contributed by atoms with E-state index < -0.39 is 6.17 Å². The molecule has 0 rings (SSSR count). The Labute approximate surface area is 44.7 Å². The van der Waals surface area contributed by atoms with Crippen molar-refractivity contribution in [1.82, 2.24) is 0 Å². The van der Waals surface area contributed by atoms with Gasteiger partial charge >= 0.3 is 0 Å². The van der Waals surface area contributed by atoms with Crippen LogP contribution in [-0.4, -0.2) is 6.17 Å². The molecular formula is C6H13F. The SMILES string of the molecule is CC[C@H](C)[C@H](C)F. The molecule has 0 heterocycles. The number of halogens is 1. The van der Waals surface area contributed by atoms with Gasteiger partial charge in [-0.2, -0.15) is 0 Å². The first kappa shape index (κ1) is 6.93. The minimum atomic E-state index is -0.634. The summed E-state index contributed by atoms with van der Waals surface area (Å²) < 4.78 is 12.1. The molecule has 0 aliphatic rings. The van der Waals surface area contributed by atoms with Gasteiger partial charge < -0.3 is 0 Å². The monoisotopic (exact) mass is 104 g/mol. The molecule has 0 bridgehead atoms. The van der Waals surface area contributed by atoms with Crippen molar-refractivity contribution in [3.8, 4) is 0 Å². The number of hydrogen-bond donors (Lipinski definition) is 0. The standard InChI is InChI=1S/C6H13F/c1-4-5(2)6(3)7/h5-6H,4H2,1-3H3/t5-,6-/m0/s1. The van der Waals surface area contributed by atoms with E-state index >= 15 is 0 Å². The fraction of sp³-hybridized carbons (Fsp3) is 1.00. The fourth-order valence-electron chi connectivity index (χ4n) is 0.325. The molecule has 2 atom stereocenters. The predicted molar refractivity (Wildman–Crippen MR) is 30.0 cm³/mol. The van der Waals surface area contributed by atoms with E-state index in [1.807, 2.05) is 13.8 Å². The average molecular weight is 104 g/mol. The number of hydrogen-bond acceptors (Lipinski definition) is 0. The third-order valence-electron chi connectivity index (χ3n) is 1.43. The van der Waals surface area contributed by atoms with Crippen LogP contribution in [0.25, 0.3) is 0 Å². The summed E-state index contributed by atoms with van der Waals surface area (Å²) in [7, 11) is 0. The van der Waals surface area contributed by atoms with E-state index in [1.165, 1.54) is 0 Å². The van der Waals surface area contributed by atoms with E-state index in [1.54, 1.807) is 6.92 Å². The Bertz CT molecular complexity index is 41.4. The largest absolute Gasteiger partial charge is 0.248 e. The molecule has 0 spiro atoms. The minimum Gasteiger partial charge on any atom is -0.248 e. The molecule has 0 saturated heterocycles. The van der Waals surface area contributed by atoms with Crippen LogP contribution in [0.1, 0.15) is 27.2 Å². The second kappa shape index (κ2) is 3.00. The smallest absolute Gasteiger partial charge is 0.0998 e. The van der Waals surface area contributed by atoms with Crippen molar-refractivity contribution < 1.29 is 4.39 Å². The Kier molecular flexibility index (Phi) is 2.97. The van der Waals surface area contributed by atoms with Crippen LogP contribution in [-0.2, 0) is 0 Å². The minimum absolute atomic E-state index is 0.236. The van der Waals surface area contributed by atoms with Gasteiger partial charge in [-0.05, 0) is 12.8 Å². The Morgan fingerprint density at radius 1 is 1.43 bits per heavy atom.